The molecule has 1 aromatic carbocycles. The maximum absolute atomic E-state index is 13.3. The molecule has 0 saturated carbocycles. The van der Waals surface area contributed by atoms with Crippen LogP contribution in [-0.2, 0) is 21.8 Å². The van der Waals surface area contributed by atoms with Gasteiger partial charge in [-0.1, -0.05) is 11.2 Å². The van der Waals surface area contributed by atoms with Gasteiger partial charge in [-0.25, -0.2) is 17.8 Å². The second-order valence-electron chi connectivity index (χ2n) is 8.06. The van der Waals surface area contributed by atoms with Gasteiger partial charge in [0.1, 0.15) is 16.4 Å². The van der Waals surface area contributed by atoms with E-state index in [-0.39, 0.29) is 17.2 Å². The van der Waals surface area contributed by atoms with Crippen molar-refractivity contribution in [2.45, 2.75) is 30.6 Å². The Morgan fingerprint density at radius 2 is 2.10 bits per heavy atom. The Morgan fingerprint density at radius 1 is 1.31 bits per heavy atom. The number of rotatable bonds is 2. The molecule has 3 heterocycles. The van der Waals surface area contributed by atoms with Crippen molar-refractivity contribution in [1.82, 2.24) is 15.5 Å². The summed E-state index contributed by atoms with van der Waals surface area (Å²) in [7, 11) is -3.50. The average molecular weight is 415 g/mol. The summed E-state index contributed by atoms with van der Waals surface area (Å²) in [6.07, 6.45) is 1.62. The lowest BCUT2D eigenvalue weighted by molar-refractivity contribution is 0.357. The quantitative estimate of drug-likeness (QED) is 0.588. The molecular formula is C19H18FN5O3S. The molecule has 1 saturated heterocycles. The largest absolute Gasteiger partial charge is 0.362 e. The second kappa shape index (κ2) is 5.53. The van der Waals surface area contributed by atoms with Crippen LogP contribution >= 0.6 is 0 Å². The van der Waals surface area contributed by atoms with E-state index in [0.717, 1.165) is 17.3 Å². The van der Waals surface area contributed by atoms with Gasteiger partial charge in [0.2, 0.25) is 5.82 Å². The van der Waals surface area contributed by atoms with Crippen LogP contribution in [0, 0.1) is 11.2 Å². The molecule has 5 rings (SSSR count). The highest BCUT2D eigenvalue weighted by molar-refractivity contribution is 7.93. The van der Waals surface area contributed by atoms with Crippen molar-refractivity contribution < 1.29 is 17.3 Å². The molecular weight excluding hydrogens is 397 g/mol. The Labute approximate surface area is 165 Å². The van der Waals surface area contributed by atoms with E-state index in [2.05, 4.69) is 20.8 Å². The third-order valence-electron chi connectivity index (χ3n) is 5.84. The van der Waals surface area contributed by atoms with Gasteiger partial charge in [-0.2, -0.15) is 0 Å². The number of nitrogens with zero attached hydrogens (tertiary/aromatic N) is 2. The zero-order valence-corrected chi connectivity index (χ0v) is 16.5. The van der Waals surface area contributed by atoms with Gasteiger partial charge in [0.25, 0.3) is 0 Å². The molecule has 10 heteroatoms. The maximum atomic E-state index is 13.3. The lowest BCUT2D eigenvalue weighted by Crippen LogP contribution is -2.68. The SMILES string of the molecule is CC1(C)C(=N)N[C@@]2(Cc3ccc(Nc4noc5cc(F)cnc45)cc32)CS1(=O)=O. The van der Waals surface area contributed by atoms with E-state index in [1.54, 1.807) is 13.8 Å². The Balaban J connectivity index is 1.50. The molecule has 3 N–H and O–H groups in total. The highest BCUT2D eigenvalue weighted by atomic mass is 32.2. The van der Waals surface area contributed by atoms with Gasteiger partial charge in [-0.05, 0) is 37.1 Å². The third kappa shape index (κ3) is 2.48. The fraction of sp³-hybridized carbons (Fsp3) is 0.316. The molecule has 1 aliphatic heterocycles. The van der Waals surface area contributed by atoms with Gasteiger partial charge in [0.05, 0.1) is 17.5 Å². The second-order valence-corrected chi connectivity index (χ2v) is 10.6. The van der Waals surface area contributed by atoms with Crippen molar-refractivity contribution >= 4 is 38.3 Å². The lowest BCUT2D eigenvalue weighted by atomic mass is 9.71. The van der Waals surface area contributed by atoms with Gasteiger partial charge < -0.3 is 15.2 Å². The minimum atomic E-state index is -3.50. The van der Waals surface area contributed by atoms with Crippen LogP contribution in [0.2, 0.25) is 0 Å². The van der Waals surface area contributed by atoms with E-state index >= 15 is 0 Å². The number of sulfone groups is 1. The standard InChI is InChI=1S/C19H18FN5O3S/c1-18(2)17(21)24-19(9-29(18,26)27)7-10-3-4-12(6-13(10)19)23-16-15-14(28-25-16)5-11(20)8-22-15/h3-6,8H,7,9H2,1-2H3,(H2,21,24)(H,23,25)/t19-/m0/s1. The summed E-state index contributed by atoms with van der Waals surface area (Å²) >= 11 is 0. The van der Waals surface area contributed by atoms with Crippen molar-refractivity contribution in [1.29, 1.82) is 5.41 Å². The molecule has 1 atom stereocenters. The molecule has 8 nitrogen and oxygen atoms in total. The van der Waals surface area contributed by atoms with Crippen LogP contribution in [0.3, 0.4) is 0 Å². The summed E-state index contributed by atoms with van der Waals surface area (Å²) in [5.41, 5.74) is 2.34. The molecule has 1 aliphatic carbocycles. The van der Waals surface area contributed by atoms with Crippen LogP contribution < -0.4 is 10.6 Å². The van der Waals surface area contributed by atoms with Crippen molar-refractivity contribution in [3.63, 3.8) is 0 Å². The van der Waals surface area contributed by atoms with E-state index in [1.165, 1.54) is 6.07 Å². The number of nitrogens with one attached hydrogen (secondary N) is 3. The normalized spacial score (nSPS) is 24.0. The Kier molecular flexibility index (Phi) is 3.44. The van der Waals surface area contributed by atoms with Crippen LogP contribution in [0.25, 0.3) is 11.1 Å². The Hall–Kier alpha value is -3.01. The van der Waals surface area contributed by atoms with Crippen molar-refractivity contribution in [2.75, 3.05) is 11.1 Å². The summed E-state index contributed by atoms with van der Waals surface area (Å²) < 4.78 is 42.7. The minimum Gasteiger partial charge on any atom is -0.362 e. The number of fused-ring (bicyclic) bond motifs is 3. The fourth-order valence-electron chi connectivity index (χ4n) is 3.92. The monoisotopic (exact) mass is 415 g/mol. The summed E-state index contributed by atoms with van der Waals surface area (Å²) in [5.74, 6) is -0.245. The molecule has 0 unspecified atom stereocenters. The predicted octanol–water partition coefficient (Wildman–Crippen LogP) is 2.63. The number of anilines is 2. The van der Waals surface area contributed by atoms with E-state index in [9.17, 15) is 12.8 Å². The first-order valence-corrected chi connectivity index (χ1v) is 10.7. The van der Waals surface area contributed by atoms with Crippen molar-refractivity contribution in [2.24, 2.45) is 0 Å². The Morgan fingerprint density at radius 3 is 2.86 bits per heavy atom. The fourth-order valence-corrected chi connectivity index (χ4v) is 5.62. The van der Waals surface area contributed by atoms with Crippen LogP contribution in [0.15, 0.2) is 35.0 Å². The molecule has 0 amide bonds. The highest BCUT2D eigenvalue weighted by Gasteiger charge is 2.56. The molecule has 1 spiro atoms. The predicted molar refractivity (Wildman–Crippen MR) is 106 cm³/mol. The van der Waals surface area contributed by atoms with Gasteiger partial charge in [0.15, 0.2) is 20.9 Å². The molecule has 2 aliphatic rings. The molecule has 150 valence electrons. The number of hydrogen-bond donors (Lipinski definition) is 3. The molecule has 29 heavy (non-hydrogen) atoms. The van der Waals surface area contributed by atoms with Gasteiger partial charge >= 0.3 is 0 Å². The number of halogens is 1. The van der Waals surface area contributed by atoms with Crippen LogP contribution in [0.4, 0.5) is 15.9 Å². The summed E-state index contributed by atoms with van der Waals surface area (Å²) in [6, 6.07) is 6.81. The van der Waals surface area contributed by atoms with Crippen molar-refractivity contribution in [3.8, 4) is 0 Å². The number of pyridine rings is 1. The first kappa shape index (κ1) is 18.0. The summed E-state index contributed by atoms with van der Waals surface area (Å²) in [5, 5.41) is 18.4. The number of benzene rings is 1. The first-order valence-electron chi connectivity index (χ1n) is 9.02. The summed E-state index contributed by atoms with van der Waals surface area (Å²) in [6.45, 7) is 3.10. The smallest absolute Gasteiger partial charge is 0.200 e. The van der Waals surface area contributed by atoms with E-state index in [4.69, 9.17) is 9.93 Å². The van der Waals surface area contributed by atoms with Crippen LogP contribution in [0.5, 0.6) is 0 Å². The van der Waals surface area contributed by atoms with Crippen LogP contribution in [0.1, 0.15) is 25.0 Å². The number of aromatic nitrogens is 2. The van der Waals surface area contributed by atoms with E-state index in [1.807, 2.05) is 18.2 Å². The third-order valence-corrected chi connectivity index (χ3v) is 8.47. The van der Waals surface area contributed by atoms with E-state index < -0.39 is 25.9 Å². The molecule has 0 bridgehead atoms. The molecule has 1 fully saturated rings. The van der Waals surface area contributed by atoms with E-state index in [0.29, 0.717) is 23.4 Å². The number of amidine groups is 1. The molecule has 3 aromatic rings. The summed E-state index contributed by atoms with van der Waals surface area (Å²) in [4.78, 5) is 4.01. The average Bonchev–Trinajstić information content (AvgIpc) is 3.02. The first-order chi connectivity index (χ1) is 13.6. The van der Waals surface area contributed by atoms with Crippen LogP contribution in [-0.4, -0.2) is 34.9 Å². The zero-order valence-electron chi connectivity index (χ0n) is 15.7. The molecule has 2 aromatic heterocycles. The Bertz CT molecular complexity index is 1300. The number of hydrogen-bond acceptors (Lipinski definition) is 7. The van der Waals surface area contributed by atoms with Crippen molar-refractivity contribution in [3.05, 3.63) is 47.4 Å². The zero-order chi connectivity index (χ0) is 20.6. The maximum Gasteiger partial charge on any atom is 0.200 e. The topological polar surface area (TPSA) is 121 Å². The lowest BCUT2D eigenvalue weighted by Gasteiger charge is -2.51. The molecule has 0 radical (unpaired) electrons. The van der Waals surface area contributed by atoms with Gasteiger partial charge in [-0.15, -0.1) is 0 Å². The van der Waals surface area contributed by atoms with Gasteiger partial charge in [-0.3, -0.25) is 5.41 Å². The minimum absolute atomic E-state index is 0.00137. The van der Waals surface area contributed by atoms with Gasteiger partial charge in [0, 0.05) is 18.2 Å². The highest BCUT2D eigenvalue weighted by Crippen LogP contribution is 2.46.